The molecule has 0 aromatic heterocycles. The molecule has 0 aliphatic carbocycles. The molecule has 1 rings (SSSR count). The van der Waals surface area contributed by atoms with E-state index in [1.807, 2.05) is 0 Å². The maximum absolute atomic E-state index is 3.26. The number of nitrogens with one attached hydrogen (secondary N) is 2. The van der Waals surface area contributed by atoms with Gasteiger partial charge in [-0.25, -0.2) is 10.9 Å². The highest BCUT2D eigenvalue weighted by atomic mass is 15.6. The number of hydrogen-bond acceptors (Lipinski definition) is 3. The Balaban J connectivity index is 2.51. The first-order chi connectivity index (χ1) is 5.13. The third-order valence-corrected chi connectivity index (χ3v) is 2.16. The highest BCUT2D eigenvalue weighted by Crippen LogP contribution is 2.12. The van der Waals surface area contributed by atoms with Crippen molar-refractivity contribution in [2.45, 2.75) is 39.9 Å². The predicted molar refractivity (Wildman–Crippen MR) is 46.7 cm³/mol. The minimum atomic E-state index is 0.495. The normalized spacial score (nSPS) is 27.3. The Kier molecular flexibility index (Phi) is 2.87. The molecule has 3 heteroatoms. The summed E-state index contributed by atoms with van der Waals surface area (Å²) in [5, 5.41) is 0. The first-order valence-corrected chi connectivity index (χ1v) is 4.37. The second-order valence-electron chi connectivity index (χ2n) is 3.78. The van der Waals surface area contributed by atoms with E-state index in [1.54, 1.807) is 0 Å². The van der Waals surface area contributed by atoms with Crippen LogP contribution < -0.4 is 10.9 Å². The molecule has 0 saturated carbocycles. The summed E-state index contributed by atoms with van der Waals surface area (Å²) in [6.07, 6.45) is 0.495. The zero-order valence-electron chi connectivity index (χ0n) is 7.89. The molecule has 3 nitrogen and oxygen atoms in total. The zero-order chi connectivity index (χ0) is 8.43. The quantitative estimate of drug-likeness (QED) is 0.619. The predicted octanol–water partition coefficient (Wildman–Crippen LogP) is 0.744. The third kappa shape index (κ3) is 1.92. The van der Waals surface area contributed by atoms with Crippen molar-refractivity contribution in [1.82, 2.24) is 15.8 Å². The Morgan fingerprint density at radius 1 is 1.27 bits per heavy atom. The van der Waals surface area contributed by atoms with Crippen LogP contribution in [0.2, 0.25) is 0 Å². The summed E-state index contributed by atoms with van der Waals surface area (Å²) < 4.78 is 0. The van der Waals surface area contributed by atoms with Gasteiger partial charge in [0.1, 0.15) is 0 Å². The van der Waals surface area contributed by atoms with Gasteiger partial charge in [0.25, 0.3) is 0 Å². The molecule has 1 aliphatic rings. The molecule has 0 bridgehead atoms. The standard InChI is InChI=1S/C8H19N3/c1-6(2)8-10-9-5-11(8)7(3)4/h6-10H,5H2,1-4H3. The van der Waals surface area contributed by atoms with E-state index < -0.39 is 0 Å². The molecule has 1 atom stereocenters. The van der Waals surface area contributed by atoms with Crippen LogP contribution in [-0.4, -0.2) is 23.8 Å². The van der Waals surface area contributed by atoms with Gasteiger partial charge in [-0.2, -0.15) is 0 Å². The van der Waals surface area contributed by atoms with Crippen molar-refractivity contribution in [2.24, 2.45) is 5.92 Å². The third-order valence-electron chi connectivity index (χ3n) is 2.16. The number of rotatable bonds is 2. The van der Waals surface area contributed by atoms with Gasteiger partial charge in [0.05, 0.1) is 12.8 Å². The Morgan fingerprint density at radius 2 is 1.91 bits per heavy atom. The Morgan fingerprint density at radius 3 is 2.27 bits per heavy atom. The first-order valence-electron chi connectivity index (χ1n) is 4.37. The second kappa shape index (κ2) is 3.52. The molecule has 1 fully saturated rings. The van der Waals surface area contributed by atoms with Crippen LogP contribution in [0.25, 0.3) is 0 Å². The van der Waals surface area contributed by atoms with Crippen LogP contribution in [0, 0.1) is 5.92 Å². The topological polar surface area (TPSA) is 27.3 Å². The fourth-order valence-corrected chi connectivity index (χ4v) is 1.48. The summed E-state index contributed by atoms with van der Waals surface area (Å²) in [6.45, 7) is 9.88. The molecule has 1 aliphatic heterocycles. The summed E-state index contributed by atoms with van der Waals surface area (Å²) in [5.41, 5.74) is 6.42. The average molecular weight is 157 g/mol. The van der Waals surface area contributed by atoms with Crippen molar-refractivity contribution in [2.75, 3.05) is 6.67 Å². The van der Waals surface area contributed by atoms with Gasteiger partial charge in [0.2, 0.25) is 0 Å². The largest absolute Gasteiger partial charge is 0.270 e. The van der Waals surface area contributed by atoms with Crippen molar-refractivity contribution < 1.29 is 0 Å². The monoisotopic (exact) mass is 157 g/mol. The molecular formula is C8H19N3. The summed E-state index contributed by atoms with van der Waals surface area (Å²) in [4.78, 5) is 2.42. The van der Waals surface area contributed by atoms with Crippen molar-refractivity contribution in [3.8, 4) is 0 Å². The number of hydrazine groups is 1. The van der Waals surface area contributed by atoms with E-state index in [2.05, 4.69) is 43.4 Å². The molecule has 0 aromatic rings. The summed E-state index contributed by atoms with van der Waals surface area (Å²) in [5.74, 6) is 0.660. The van der Waals surface area contributed by atoms with Gasteiger partial charge < -0.3 is 0 Å². The second-order valence-corrected chi connectivity index (χ2v) is 3.78. The van der Waals surface area contributed by atoms with Crippen molar-refractivity contribution in [3.05, 3.63) is 0 Å². The van der Waals surface area contributed by atoms with E-state index in [0.29, 0.717) is 18.1 Å². The first kappa shape index (κ1) is 8.97. The SMILES string of the molecule is CC(C)C1NNCN1C(C)C. The van der Waals surface area contributed by atoms with Crippen LogP contribution in [-0.2, 0) is 0 Å². The van der Waals surface area contributed by atoms with E-state index in [1.165, 1.54) is 0 Å². The van der Waals surface area contributed by atoms with Gasteiger partial charge in [-0.3, -0.25) is 4.90 Å². The van der Waals surface area contributed by atoms with Gasteiger partial charge in [-0.05, 0) is 19.8 Å². The van der Waals surface area contributed by atoms with E-state index in [9.17, 15) is 0 Å². The van der Waals surface area contributed by atoms with Crippen LogP contribution in [0.3, 0.4) is 0 Å². The van der Waals surface area contributed by atoms with Crippen LogP contribution in [0.1, 0.15) is 27.7 Å². The van der Waals surface area contributed by atoms with Gasteiger partial charge in [-0.15, -0.1) is 0 Å². The molecule has 2 N–H and O–H groups in total. The Bertz CT molecular complexity index is 109. The van der Waals surface area contributed by atoms with Crippen molar-refractivity contribution >= 4 is 0 Å². The van der Waals surface area contributed by atoms with Crippen LogP contribution >= 0.6 is 0 Å². The van der Waals surface area contributed by atoms with Crippen LogP contribution in [0.15, 0.2) is 0 Å². The summed E-state index contributed by atoms with van der Waals surface area (Å²) in [7, 11) is 0. The van der Waals surface area contributed by atoms with Crippen LogP contribution in [0.4, 0.5) is 0 Å². The Labute approximate surface area is 69.1 Å². The van der Waals surface area contributed by atoms with E-state index in [4.69, 9.17) is 0 Å². The van der Waals surface area contributed by atoms with Gasteiger partial charge in [-0.1, -0.05) is 13.8 Å². The summed E-state index contributed by atoms with van der Waals surface area (Å²) in [6, 6.07) is 0.616. The smallest absolute Gasteiger partial charge is 0.0765 e. The van der Waals surface area contributed by atoms with Gasteiger partial charge in [0.15, 0.2) is 0 Å². The molecular weight excluding hydrogens is 138 g/mol. The van der Waals surface area contributed by atoms with E-state index in [0.717, 1.165) is 6.67 Å². The molecule has 11 heavy (non-hydrogen) atoms. The molecule has 1 unspecified atom stereocenters. The molecule has 1 saturated heterocycles. The highest BCUT2D eigenvalue weighted by Gasteiger charge is 2.27. The van der Waals surface area contributed by atoms with Gasteiger partial charge >= 0.3 is 0 Å². The van der Waals surface area contributed by atoms with Crippen molar-refractivity contribution in [3.63, 3.8) is 0 Å². The summed E-state index contributed by atoms with van der Waals surface area (Å²) >= 11 is 0. The van der Waals surface area contributed by atoms with Crippen molar-refractivity contribution in [1.29, 1.82) is 0 Å². The molecule has 0 aromatic carbocycles. The fourth-order valence-electron chi connectivity index (χ4n) is 1.48. The van der Waals surface area contributed by atoms with Gasteiger partial charge in [0, 0.05) is 6.04 Å². The zero-order valence-corrected chi connectivity index (χ0v) is 7.89. The fraction of sp³-hybridized carbons (Fsp3) is 1.00. The molecule has 1 heterocycles. The van der Waals surface area contributed by atoms with E-state index >= 15 is 0 Å². The maximum atomic E-state index is 3.26. The van der Waals surface area contributed by atoms with E-state index in [-0.39, 0.29) is 0 Å². The lowest BCUT2D eigenvalue weighted by Gasteiger charge is -2.28. The molecule has 0 spiro atoms. The maximum Gasteiger partial charge on any atom is 0.0765 e. The van der Waals surface area contributed by atoms with Crippen LogP contribution in [0.5, 0.6) is 0 Å². The Hall–Kier alpha value is -0.120. The molecule has 0 amide bonds. The highest BCUT2D eigenvalue weighted by molar-refractivity contribution is 4.77. The number of nitrogens with zero attached hydrogens (tertiary/aromatic N) is 1. The average Bonchev–Trinajstić information content (AvgIpc) is 2.32. The number of hydrogen-bond donors (Lipinski definition) is 2. The lowest BCUT2D eigenvalue weighted by molar-refractivity contribution is 0.154. The molecule has 0 radical (unpaired) electrons. The minimum absolute atomic E-state index is 0.495. The lowest BCUT2D eigenvalue weighted by Crippen LogP contribution is -2.43. The minimum Gasteiger partial charge on any atom is -0.270 e. The molecule has 66 valence electrons. The lowest BCUT2D eigenvalue weighted by atomic mass is 10.1.